The first-order chi connectivity index (χ1) is 11.0. The van der Waals surface area contributed by atoms with E-state index in [1.54, 1.807) is 5.19 Å². The first-order valence-corrected chi connectivity index (χ1v) is 11.9. The Morgan fingerprint density at radius 3 is 1.96 bits per heavy atom. The van der Waals surface area contributed by atoms with Crippen molar-refractivity contribution in [3.63, 3.8) is 0 Å². The molecule has 0 spiro atoms. The van der Waals surface area contributed by atoms with Gasteiger partial charge in [0.2, 0.25) is 0 Å². The molecule has 1 heteroatoms. The van der Waals surface area contributed by atoms with Gasteiger partial charge in [-0.15, -0.1) is 0 Å². The second kappa shape index (κ2) is 8.31. The normalized spacial score (nSPS) is 13.6. The topological polar surface area (TPSA) is 0 Å². The van der Waals surface area contributed by atoms with E-state index < -0.39 is 8.07 Å². The van der Waals surface area contributed by atoms with E-state index in [2.05, 4.69) is 99.8 Å². The smallest absolute Gasteiger partial charge is 0.0873 e. The van der Waals surface area contributed by atoms with Gasteiger partial charge in [-0.2, -0.15) is 0 Å². The summed E-state index contributed by atoms with van der Waals surface area (Å²) in [6.07, 6.45) is 7.30. The Kier molecular flexibility index (Phi) is 6.41. The van der Waals surface area contributed by atoms with E-state index in [1.807, 2.05) is 0 Å². The van der Waals surface area contributed by atoms with Gasteiger partial charge in [0.25, 0.3) is 0 Å². The van der Waals surface area contributed by atoms with Crippen molar-refractivity contribution in [1.29, 1.82) is 0 Å². The molecule has 0 saturated heterocycles. The van der Waals surface area contributed by atoms with Crippen molar-refractivity contribution >= 4 is 13.3 Å². The van der Waals surface area contributed by atoms with Gasteiger partial charge in [0, 0.05) is 0 Å². The molecule has 122 valence electrons. The monoisotopic (exact) mass is 322 g/mol. The van der Waals surface area contributed by atoms with Gasteiger partial charge in [-0.05, 0) is 29.9 Å². The van der Waals surface area contributed by atoms with Gasteiger partial charge >= 0.3 is 0 Å². The second-order valence-electron chi connectivity index (χ2n) is 7.35. The maximum atomic E-state index is 2.52. The third kappa shape index (κ3) is 5.21. The predicted molar refractivity (Wildman–Crippen MR) is 106 cm³/mol. The molecule has 2 aromatic rings. The zero-order chi connectivity index (χ0) is 16.7. The van der Waals surface area contributed by atoms with E-state index in [4.69, 9.17) is 0 Å². The maximum absolute atomic E-state index is 2.52. The molecule has 1 unspecified atom stereocenters. The lowest BCUT2D eigenvalue weighted by atomic mass is 10.1. The summed E-state index contributed by atoms with van der Waals surface area (Å²) in [7, 11) is -1.52. The van der Waals surface area contributed by atoms with Crippen molar-refractivity contribution < 1.29 is 0 Å². The van der Waals surface area contributed by atoms with Crippen LogP contribution in [0.15, 0.2) is 72.8 Å². The van der Waals surface area contributed by atoms with Crippen LogP contribution in [0, 0.1) is 5.92 Å². The highest BCUT2D eigenvalue weighted by atomic mass is 28.3. The van der Waals surface area contributed by atoms with Crippen molar-refractivity contribution in [3.8, 4) is 0 Å². The lowest BCUT2D eigenvalue weighted by molar-refractivity contribution is 0.789. The molecule has 0 aliphatic carbocycles. The molecule has 0 aromatic heterocycles. The number of hydrogen-bond acceptors (Lipinski definition) is 0. The lowest BCUT2D eigenvalue weighted by Gasteiger charge is -2.31. The van der Waals surface area contributed by atoms with Crippen molar-refractivity contribution in [2.45, 2.75) is 45.3 Å². The molecule has 0 amide bonds. The summed E-state index contributed by atoms with van der Waals surface area (Å²) in [5.41, 5.74) is 2.13. The van der Waals surface area contributed by atoms with Crippen LogP contribution in [0.4, 0.5) is 0 Å². The zero-order valence-corrected chi connectivity index (χ0v) is 16.0. The van der Waals surface area contributed by atoms with Gasteiger partial charge in [-0.3, -0.25) is 0 Å². The molecule has 2 aromatic carbocycles. The third-order valence-electron chi connectivity index (χ3n) is 4.76. The van der Waals surface area contributed by atoms with Gasteiger partial charge in [-0.25, -0.2) is 0 Å². The van der Waals surface area contributed by atoms with Crippen molar-refractivity contribution in [1.82, 2.24) is 0 Å². The van der Waals surface area contributed by atoms with Crippen molar-refractivity contribution in [2.75, 3.05) is 0 Å². The minimum absolute atomic E-state index is 0.620. The highest BCUT2D eigenvalue weighted by Crippen LogP contribution is 2.29. The first-order valence-electron chi connectivity index (χ1n) is 8.78. The van der Waals surface area contributed by atoms with Crippen LogP contribution in [0.3, 0.4) is 0 Å². The van der Waals surface area contributed by atoms with Crippen LogP contribution >= 0.6 is 0 Å². The second-order valence-corrected chi connectivity index (χ2v) is 12.1. The summed E-state index contributed by atoms with van der Waals surface area (Å²) in [6, 6.07) is 22.0. The predicted octanol–water partition coefficient (Wildman–Crippen LogP) is 5.82. The Morgan fingerprint density at radius 2 is 1.39 bits per heavy atom. The van der Waals surface area contributed by atoms with Crippen LogP contribution in [-0.4, -0.2) is 8.07 Å². The average Bonchev–Trinajstić information content (AvgIpc) is 2.56. The van der Waals surface area contributed by atoms with Crippen molar-refractivity contribution in [2.24, 2.45) is 5.92 Å². The quantitative estimate of drug-likeness (QED) is 0.445. The van der Waals surface area contributed by atoms with E-state index in [1.165, 1.54) is 12.0 Å². The highest BCUT2D eigenvalue weighted by molar-refractivity contribution is 6.91. The number of hydrogen-bond donors (Lipinski definition) is 0. The van der Waals surface area contributed by atoms with E-state index in [0.29, 0.717) is 11.5 Å². The van der Waals surface area contributed by atoms with Crippen LogP contribution in [-0.2, 0) is 6.42 Å². The molecule has 1 atom stereocenters. The summed E-state index contributed by atoms with van der Waals surface area (Å²) in [6.45, 7) is 9.56. The van der Waals surface area contributed by atoms with Gasteiger partial charge < -0.3 is 0 Å². The molecule has 0 aliphatic heterocycles. The molecule has 0 saturated carbocycles. The minimum Gasteiger partial charge on any atom is -0.0875 e. The zero-order valence-electron chi connectivity index (χ0n) is 15.0. The molecule has 23 heavy (non-hydrogen) atoms. The number of aryl methyl sites for hydroxylation is 1. The number of benzene rings is 2. The fraction of sp³-hybridized carbons (Fsp3) is 0.364. The minimum atomic E-state index is -1.52. The summed E-state index contributed by atoms with van der Waals surface area (Å²) >= 11 is 0. The van der Waals surface area contributed by atoms with E-state index in [-0.39, 0.29) is 0 Å². The molecular formula is C22H30Si. The van der Waals surface area contributed by atoms with E-state index in [9.17, 15) is 0 Å². The van der Waals surface area contributed by atoms with Crippen LogP contribution in [0.1, 0.15) is 25.8 Å². The van der Waals surface area contributed by atoms with Gasteiger partial charge in [-0.1, -0.05) is 105 Å². The van der Waals surface area contributed by atoms with Gasteiger partial charge in [0.15, 0.2) is 0 Å². The Labute approximate surface area is 143 Å². The molecule has 0 heterocycles. The molecule has 2 rings (SSSR count). The Morgan fingerprint density at radius 1 is 0.826 bits per heavy atom. The standard InChI is InChI=1S/C22H30Si/c1-19(2)15-17-22(18-16-20-11-7-5-8-12-20)23(3,4)21-13-9-6-10-14-21/h5-15,17,19,22H,16,18H2,1-4H3/b17-15+. The lowest BCUT2D eigenvalue weighted by Crippen LogP contribution is -2.45. The molecule has 0 N–H and O–H groups in total. The van der Waals surface area contributed by atoms with Crippen LogP contribution in [0.5, 0.6) is 0 Å². The Balaban J connectivity index is 2.19. The Hall–Kier alpha value is -1.60. The molecule has 0 fully saturated rings. The van der Waals surface area contributed by atoms with Crippen LogP contribution in [0.2, 0.25) is 18.6 Å². The summed E-state index contributed by atoms with van der Waals surface area (Å²) < 4.78 is 0. The summed E-state index contributed by atoms with van der Waals surface area (Å²) in [5, 5.41) is 1.56. The first kappa shape index (κ1) is 17.7. The van der Waals surface area contributed by atoms with Crippen molar-refractivity contribution in [3.05, 3.63) is 78.4 Å². The fourth-order valence-corrected chi connectivity index (χ4v) is 6.04. The number of rotatable bonds is 7. The average molecular weight is 323 g/mol. The molecule has 0 nitrogen and oxygen atoms in total. The fourth-order valence-electron chi connectivity index (χ4n) is 3.10. The Bertz CT molecular complexity index is 596. The maximum Gasteiger partial charge on any atom is 0.0873 e. The third-order valence-corrected chi connectivity index (χ3v) is 8.92. The van der Waals surface area contributed by atoms with Gasteiger partial charge in [0.05, 0.1) is 8.07 Å². The molecule has 0 radical (unpaired) electrons. The molecule has 0 bridgehead atoms. The summed E-state index contributed by atoms with van der Waals surface area (Å²) in [4.78, 5) is 0. The number of allylic oxidation sites excluding steroid dienone is 2. The van der Waals surface area contributed by atoms with E-state index in [0.717, 1.165) is 6.42 Å². The van der Waals surface area contributed by atoms with Crippen LogP contribution in [0.25, 0.3) is 0 Å². The van der Waals surface area contributed by atoms with E-state index >= 15 is 0 Å². The molecule has 0 aliphatic rings. The highest BCUT2D eigenvalue weighted by Gasteiger charge is 2.31. The largest absolute Gasteiger partial charge is 0.0875 e. The SMILES string of the molecule is CC(C)/C=C/C(CCc1ccccc1)[Si](C)(C)c1ccccc1. The van der Waals surface area contributed by atoms with Crippen LogP contribution < -0.4 is 5.19 Å². The van der Waals surface area contributed by atoms with Gasteiger partial charge in [0.1, 0.15) is 0 Å². The summed E-state index contributed by atoms with van der Waals surface area (Å²) in [5.74, 6) is 0.620. The molecular weight excluding hydrogens is 292 g/mol.